The van der Waals surface area contributed by atoms with E-state index in [9.17, 15) is 22.8 Å². The lowest BCUT2D eigenvalue weighted by Gasteiger charge is -2.40. The second-order valence-corrected chi connectivity index (χ2v) is 11.5. The second-order valence-electron chi connectivity index (χ2n) is 9.32. The van der Waals surface area contributed by atoms with Crippen molar-refractivity contribution in [3.63, 3.8) is 0 Å². The van der Waals surface area contributed by atoms with E-state index in [1.165, 1.54) is 4.31 Å². The molecule has 0 aromatic heterocycles. The molecule has 1 unspecified atom stereocenters. The summed E-state index contributed by atoms with van der Waals surface area (Å²) in [5.74, 6) is -3.07. The van der Waals surface area contributed by atoms with Gasteiger partial charge in [-0.15, -0.1) is 0 Å². The minimum atomic E-state index is -3.79. The Kier molecular flexibility index (Phi) is 9.44. The molecule has 1 aliphatic heterocycles. The zero-order valence-electron chi connectivity index (χ0n) is 22.0. The topological polar surface area (TPSA) is 126 Å². The van der Waals surface area contributed by atoms with Gasteiger partial charge in [-0.05, 0) is 58.2 Å². The Labute approximate surface area is 218 Å². The van der Waals surface area contributed by atoms with Crippen LogP contribution in [-0.2, 0) is 38.6 Å². The van der Waals surface area contributed by atoms with Crippen LogP contribution in [0.15, 0.2) is 18.2 Å². The van der Waals surface area contributed by atoms with Crippen molar-refractivity contribution in [1.82, 2.24) is 0 Å². The lowest BCUT2D eigenvalue weighted by atomic mass is 9.81. The van der Waals surface area contributed by atoms with Crippen LogP contribution in [-0.4, -0.2) is 64.0 Å². The molecule has 0 amide bonds. The molecule has 0 saturated heterocycles. The number of aryl methyl sites for hydroxylation is 1. The van der Waals surface area contributed by atoms with E-state index < -0.39 is 51.1 Å². The Morgan fingerprint density at radius 2 is 1.49 bits per heavy atom. The lowest BCUT2D eigenvalue weighted by molar-refractivity contribution is -0.186. The van der Waals surface area contributed by atoms with Gasteiger partial charge in [-0.2, -0.15) is 0 Å². The highest BCUT2D eigenvalue weighted by Crippen LogP contribution is 2.42. The van der Waals surface area contributed by atoms with Gasteiger partial charge in [-0.25, -0.2) is 8.42 Å². The molecule has 10 nitrogen and oxygen atoms in total. The Morgan fingerprint density at radius 1 is 0.946 bits per heavy atom. The standard InChI is InChI=1S/C26H37NO9S/c1-5-33-23(28)26(24(29)34-6-2,25(30)35-7-3)16-19-17-27(21-15-18(4)13-14-22(21)36-19)37(31,32)20-11-9-8-10-12-20/h13-15,19-20H,5-12,16-17H2,1-4H3. The average Bonchev–Trinajstić information content (AvgIpc) is 2.87. The average molecular weight is 540 g/mol. The van der Waals surface area contributed by atoms with E-state index in [2.05, 4.69) is 0 Å². The number of nitrogens with zero attached hydrogens (tertiary/aromatic N) is 1. The Balaban J connectivity index is 2.07. The molecule has 1 atom stereocenters. The van der Waals surface area contributed by atoms with Gasteiger partial charge in [-0.3, -0.25) is 18.7 Å². The Bertz CT molecular complexity index is 1050. The van der Waals surface area contributed by atoms with E-state index >= 15 is 0 Å². The van der Waals surface area contributed by atoms with Crippen molar-refractivity contribution in [3.05, 3.63) is 23.8 Å². The summed E-state index contributed by atoms with van der Waals surface area (Å²) in [6, 6.07) is 5.17. The van der Waals surface area contributed by atoms with E-state index in [4.69, 9.17) is 18.9 Å². The fourth-order valence-electron chi connectivity index (χ4n) is 4.92. The third kappa shape index (κ3) is 5.86. The van der Waals surface area contributed by atoms with Crippen molar-refractivity contribution in [3.8, 4) is 5.75 Å². The number of esters is 3. The van der Waals surface area contributed by atoms with Crippen LogP contribution in [0.3, 0.4) is 0 Å². The third-order valence-corrected chi connectivity index (χ3v) is 9.01. The van der Waals surface area contributed by atoms with E-state index in [1.807, 2.05) is 6.92 Å². The molecular formula is C26H37NO9S. The molecule has 1 aliphatic carbocycles. The van der Waals surface area contributed by atoms with Crippen molar-refractivity contribution < 1.29 is 41.7 Å². The molecule has 0 N–H and O–H groups in total. The zero-order chi connectivity index (χ0) is 27.2. The summed E-state index contributed by atoms with van der Waals surface area (Å²) in [6.45, 7) is 6.05. The van der Waals surface area contributed by atoms with Gasteiger partial charge in [0.1, 0.15) is 11.9 Å². The third-order valence-electron chi connectivity index (χ3n) is 6.73. The van der Waals surface area contributed by atoms with E-state index in [0.29, 0.717) is 18.5 Å². The number of carbonyl (C=O) groups is 3. The van der Waals surface area contributed by atoms with Crippen LogP contribution < -0.4 is 9.04 Å². The zero-order valence-corrected chi connectivity index (χ0v) is 22.8. The molecule has 37 heavy (non-hydrogen) atoms. The van der Waals surface area contributed by atoms with Gasteiger partial charge in [0, 0.05) is 6.42 Å². The largest absolute Gasteiger partial charge is 0.486 e. The van der Waals surface area contributed by atoms with Gasteiger partial charge < -0.3 is 18.9 Å². The molecule has 1 fully saturated rings. The highest BCUT2D eigenvalue weighted by atomic mass is 32.2. The normalized spacial score (nSPS) is 18.4. The minimum Gasteiger partial charge on any atom is -0.486 e. The van der Waals surface area contributed by atoms with Gasteiger partial charge in [0.05, 0.1) is 37.3 Å². The molecule has 1 aromatic rings. The van der Waals surface area contributed by atoms with Crippen LogP contribution in [0.25, 0.3) is 0 Å². The maximum atomic E-state index is 13.8. The molecule has 0 spiro atoms. The Hall–Kier alpha value is -2.82. The summed E-state index contributed by atoms with van der Waals surface area (Å²) in [7, 11) is -3.79. The van der Waals surface area contributed by atoms with Crippen molar-refractivity contribution in [1.29, 1.82) is 0 Å². The maximum absolute atomic E-state index is 13.8. The molecule has 11 heteroatoms. The van der Waals surface area contributed by atoms with Crippen molar-refractivity contribution in [2.24, 2.45) is 5.41 Å². The minimum absolute atomic E-state index is 0.0881. The summed E-state index contributed by atoms with van der Waals surface area (Å²) >= 11 is 0. The number of hydrogen-bond acceptors (Lipinski definition) is 9. The summed E-state index contributed by atoms with van der Waals surface area (Å²) in [6.07, 6.45) is 2.23. The molecule has 1 heterocycles. The first-order valence-corrected chi connectivity index (χ1v) is 14.4. The van der Waals surface area contributed by atoms with Gasteiger partial charge >= 0.3 is 17.9 Å². The van der Waals surface area contributed by atoms with Crippen LogP contribution in [0, 0.1) is 12.3 Å². The van der Waals surface area contributed by atoms with Crippen molar-refractivity contribution in [2.45, 2.75) is 77.6 Å². The number of ether oxygens (including phenoxy) is 4. The number of fused-ring (bicyclic) bond motifs is 1. The number of sulfonamides is 1. The van der Waals surface area contributed by atoms with Crippen molar-refractivity contribution in [2.75, 3.05) is 30.7 Å². The molecule has 2 aliphatic rings. The van der Waals surface area contributed by atoms with Gasteiger partial charge in [0.25, 0.3) is 5.41 Å². The quantitative estimate of drug-likeness (QED) is 0.250. The first-order chi connectivity index (χ1) is 17.6. The smallest absolute Gasteiger partial charge is 0.335 e. The van der Waals surface area contributed by atoms with Gasteiger partial charge in [-0.1, -0.05) is 25.3 Å². The van der Waals surface area contributed by atoms with Crippen molar-refractivity contribution >= 4 is 33.6 Å². The molecule has 0 radical (unpaired) electrons. The van der Waals surface area contributed by atoms with E-state index in [-0.39, 0.29) is 32.1 Å². The van der Waals surface area contributed by atoms with Crippen LogP contribution in [0.4, 0.5) is 5.69 Å². The molecular weight excluding hydrogens is 502 g/mol. The molecule has 0 bridgehead atoms. The molecule has 206 valence electrons. The maximum Gasteiger partial charge on any atom is 0.335 e. The number of rotatable bonds is 10. The van der Waals surface area contributed by atoms with Gasteiger partial charge in [0.2, 0.25) is 10.0 Å². The highest BCUT2D eigenvalue weighted by Gasteiger charge is 2.59. The molecule has 1 saturated carbocycles. The first kappa shape index (κ1) is 28.7. The van der Waals surface area contributed by atoms with Gasteiger partial charge in [0.15, 0.2) is 0 Å². The SMILES string of the molecule is CCOC(=O)C(CC1CN(S(=O)(=O)C2CCCCC2)c2cc(C)ccc2O1)(C(=O)OCC)C(=O)OCC. The Morgan fingerprint density at radius 3 is 2.00 bits per heavy atom. The monoisotopic (exact) mass is 539 g/mol. The second kappa shape index (κ2) is 12.1. The number of carbonyl (C=O) groups excluding carboxylic acids is 3. The molecule has 3 rings (SSSR count). The van der Waals surface area contributed by atoms with Crippen LogP contribution in [0.5, 0.6) is 5.75 Å². The summed E-state index contributed by atoms with van der Waals surface area (Å²) < 4.78 is 50.5. The van der Waals surface area contributed by atoms with Crippen LogP contribution in [0.1, 0.15) is 64.9 Å². The molecule has 1 aromatic carbocycles. The lowest BCUT2D eigenvalue weighted by Crippen LogP contribution is -2.55. The summed E-state index contributed by atoms with van der Waals surface area (Å²) in [5, 5.41) is -0.543. The van der Waals surface area contributed by atoms with E-state index in [0.717, 1.165) is 24.8 Å². The fourth-order valence-corrected chi connectivity index (χ4v) is 7.00. The predicted molar refractivity (Wildman–Crippen MR) is 136 cm³/mol. The highest BCUT2D eigenvalue weighted by molar-refractivity contribution is 7.93. The predicted octanol–water partition coefficient (Wildman–Crippen LogP) is 3.29. The summed E-state index contributed by atoms with van der Waals surface area (Å²) in [4.78, 5) is 39.5. The van der Waals surface area contributed by atoms with E-state index in [1.54, 1.807) is 39.0 Å². The number of hydrogen-bond donors (Lipinski definition) is 0. The fraction of sp³-hybridized carbons (Fsp3) is 0.654. The number of anilines is 1. The van der Waals surface area contributed by atoms with Crippen LogP contribution in [0.2, 0.25) is 0 Å². The first-order valence-electron chi connectivity index (χ1n) is 12.9. The number of benzene rings is 1. The summed E-state index contributed by atoms with van der Waals surface area (Å²) in [5.41, 5.74) is -1.21. The van der Waals surface area contributed by atoms with Crippen LogP contribution >= 0.6 is 0 Å².